The number of carbonyl (C=O) groups excluding carboxylic acids is 1. The van der Waals surface area contributed by atoms with Gasteiger partial charge in [-0.1, -0.05) is 12.2 Å². The quantitative estimate of drug-likeness (QED) is 0.481. The number of carbonyl (C=O) groups is 1. The molecule has 0 aromatic carbocycles. The normalized spacial score (nSPS) is 43.8. The predicted molar refractivity (Wildman–Crippen MR) is 42.5 cm³/mol. The summed E-state index contributed by atoms with van der Waals surface area (Å²) in [6.07, 6.45) is 5.49. The molecule has 0 saturated carbocycles. The van der Waals surface area contributed by atoms with Crippen LogP contribution in [0.15, 0.2) is 12.2 Å². The monoisotopic (exact) mass is 168 g/mol. The summed E-state index contributed by atoms with van der Waals surface area (Å²) in [5.41, 5.74) is 0. The van der Waals surface area contributed by atoms with E-state index in [9.17, 15) is 4.79 Å². The van der Waals surface area contributed by atoms with E-state index in [0.717, 1.165) is 6.29 Å². The predicted octanol–water partition coefficient (Wildman–Crippen LogP) is 0.137. The molecule has 3 nitrogen and oxygen atoms in total. The third kappa shape index (κ3) is 1.01. The molecule has 2 rings (SSSR count). The standard InChI is InChI=1S/C9H12O3/c10-4-3-6-7(5-11)9-2-1-8(6)12-9/h1-2,4,6-9,11H,3,5H2/t6-,7-,8-,9+/m0/s1. The number of ether oxygens (including phenoxy) is 1. The van der Waals surface area contributed by atoms with Gasteiger partial charge in [0.1, 0.15) is 6.29 Å². The second-order valence-corrected chi connectivity index (χ2v) is 3.36. The maximum Gasteiger partial charge on any atom is 0.120 e. The Morgan fingerprint density at radius 3 is 2.58 bits per heavy atom. The number of aliphatic hydroxyl groups excluding tert-OH is 1. The number of aliphatic hydroxyl groups is 1. The van der Waals surface area contributed by atoms with Crippen LogP contribution in [0, 0.1) is 11.8 Å². The molecule has 2 bridgehead atoms. The van der Waals surface area contributed by atoms with Gasteiger partial charge in [-0.3, -0.25) is 0 Å². The van der Waals surface area contributed by atoms with Crippen LogP contribution >= 0.6 is 0 Å². The van der Waals surface area contributed by atoms with Gasteiger partial charge in [0.2, 0.25) is 0 Å². The minimum absolute atomic E-state index is 0.0462. The molecule has 0 spiro atoms. The minimum Gasteiger partial charge on any atom is -0.396 e. The molecule has 3 heteroatoms. The lowest BCUT2D eigenvalue weighted by Gasteiger charge is -2.20. The minimum atomic E-state index is 0.0462. The summed E-state index contributed by atoms with van der Waals surface area (Å²) in [7, 11) is 0. The number of hydrogen-bond acceptors (Lipinski definition) is 3. The molecule has 2 heterocycles. The highest BCUT2D eigenvalue weighted by atomic mass is 16.5. The van der Waals surface area contributed by atoms with Crippen LogP contribution in [0.5, 0.6) is 0 Å². The molecular weight excluding hydrogens is 156 g/mol. The third-order valence-electron chi connectivity index (χ3n) is 2.78. The van der Waals surface area contributed by atoms with Crippen molar-refractivity contribution >= 4 is 6.29 Å². The molecule has 1 saturated heterocycles. The fourth-order valence-corrected chi connectivity index (χ4v) is 2.13. The molecule has 1 fully saturated rings. The van der Waals surface area contributed by atoms with Crippen LogP contribution in [0.4, 0.5) is 0 Å². The largest absolute Gasteiger partial charge is 0.396 e. The molecule has 2 aliphatic rings. The van der Waals surface area contributed by atoms with Crippen molar-refractivity contribution in [2.24, 2.45) is 11.8 Å². The highest BCUT2D eigenvalue weighted by Gasteiger charge is 2.44. The number of aldehydes is 1. The van der Waals surface area contributed by atoms with Crippen LogP contribution in [0.2, 0.25) is 0 Å². The van der Waals surface area contributed by atoms with Crippen molar-refractivity contribution < 1.29 is 14.6 Å². The van der Waals surface area contributed by atoms with Gasteiger partial charge in [0, 0.05) is 24.9 Å². The summed E-state index contributed by atoms with van der Waals surface area (Å²) >= 11 is 0. The van der Waals surface area contributed by atoms with Gasteiger partial charge in [0.05, 0.1) is 12.2 Å². The van der Waals surface area contributed by atoms with E-state index >= 15 is 0 Å². The molecule has 1 N–H and O–H groups in total. The van der Waals surface area contributed by atoms with Crippen LogP contribution in [-0.4, -0.2) is 30.2 Å². The van der Waals surface area contributed by atoms with Gasteiger partial charge < -0.3 is 14.6 Å². The zero-order valence-electron chi connectivity index (χ0n) is 6.72. The first-order valence-electron chi connectivity index (χ1n) is 4.25. The van der Waals surface area contributed by atoms with Gasteiger partial charge in [-0.05, 0) is 0 Å². The molecule has 0 unspecified atom stereocenters. The van der Waals surface area contributed by atoms with Gasteiger partial charge in [-0.15, -0.1) is 0 Å². The topological polar surface area (TPSA) is 46.5 Å². The van der Waals surface area contributed by atoms with Crippen molar-refractivity contribution in [3.63, 3.8) is 0 Å². The highest BCUT2D eigenvalue weighted by Crippen LogP contribution is 2.39. The fourth-order valence-electron chi connectivity index (χ4n) is 2.13. The van der Waals surface area contributed by atoms with E-state index in [1.54, 1.807) is 0 Å². The zero-order chi connectivity index (χ0) is 8.55. The maximum absolute atomic E-state index is 10.3. The van der Waals surface area contributed by atoms with Gasteiger partial charge in [-0.25, -0.2) is 0 Å². The van der Waals surface area contributed by atoms with Crippen molar-refractivity contribution in [2.75, 3.05) is 6.61 Å². The summed E-state index contributed by atoms with van der Waals surface area (Å²) < 4.78 is 5.51. The summed E-state index contributed by atoms with van der Waals surface area (Å²) in [4.78, 5) is 10.3. The van der Waals surface area contributed by atoms with E-state index in [0.29, 0.717) is 6.42 Å². The van der Waals surface area contributed by atoms with Crippen LogP contribution < -0.4 is 0 Å². The lowest BCUT2D eigenvalue weighted by molar-refractivity contribution is -0.109. The molecule has 0 aromatic heterocycles. The summed E-state index contributed by atoms with van der Waals surface area (Å²) in [5, 5.41) is 9.06. The first-order chi connectivity index (χ1) is 5.86. The van der Waals surface area contributed by atoms with Crippen molar-refractivity contribution in [1.29, 1.82) is 0 Å². The second kappa shape index (κ2) is 2.99. The smallest absolute Gasteiger partial charge is 0.120 e. The van der Waals surface area contributed by atoms with E-state index in [1.165, 1.54) is 0 Å². The third-order valence-corrected chi connectivity index (χ3v) is 2.78. The Morgan fingerprint density at radius 1 is 1.33 bits per heavy atom. The Labute approximate surface area is 71.0 Å². The fraction of sp³-hybridized carbons (Fsp3) is 0.667. The van der Waals surface area contributed by atoms with Gasteiger partial charge in [-0.2, -0.15) is 0 Å². The molecule has 0 radical (unpaired) electrons. The first-order valence-corrected chi connectivity index (χ1v) is 4.25. The molecule has 0 aliphatic carbocycles. The summed E-state index contributed by atoms with van der Waals surface area (Å²) in [5.74, 6) is 0.327. The van der Waals surface area contributed by atoms with Crippen LogP contribution in [0.1, 0.15) is 6.42 Å². The lowest BCUT2D eigenvalue weighted by atomic mass is 9.82. The Hall–Kier alpha value is -0.670. The molecular formula is C9H12O3. The Kier molecular flexibility index (Phi) is 1.98. The van der Waals surface area contributed by atoms with Crippen molar-refractivity contribution in [3.05, 3.63) is 12.2 Å². The average molecular weight is 168 g/mol. The summed E-state index contributed by atoms with van der Waals surface area (Å²) in [6.45, 7) is 0.115. The van der Waals surface area contributed by atoms with Crippen molar-refractivity contribution in [2.45, 2.75) is 18.6 Å². The van der Waals surface area contributed by atoms with Crippen LogP contribution in [-0.2, 0) is 9.53 Å². The molecule has 4 atom stereocenters. The van der Waals surface area contributed by atoms with Gasteiger partial charge >= 0.3 is 0 Å². The molecule has 2 aliphatic heterocycles. The Balaban J connectivity index is 2.11. The van der Waals surface area contributed by atoms with Crippen LogP contribution in [0.3, 0.4) is 0 Å². The first kappa shape index (κ1) is 7.95. The molecule has 0 amide bonds. The number of fused-ring (bicyclic) bond motifs is 2. The number of rotatable bonds is 3. The average Bonchev–Trinajstić information content (AvgIpc) is 2.64. The Morgan fingerprint density at radius 2 is 2.00 bits per heavy atom. The highest BCUT2D eigenvalue weighted by molar-refractivity contribution is 5.50. The molecule has 66 valence electrons. The van der Waals surface area contributed by atoms with E-state index in [-0.39, 0.29) is 30.7 Å². The molecule has 12 heavy (non-hydrogen) atoms. The van der Waals surface area contributed by atoms with Crippen molar-refractivity contribution in [3.8, 4) is 0 Å². The van der Waals surface area contributed by atoms with Gasteiger partial charge in [0.15, 0.2) is 0 Å². The SMILES string of the molecule is O=CC[C@H]1[C@H](CO)[C@H]2C=C[C@@H]1O2. The van der Waals surface area contributed by atoms with Gasteiger partial charge in [0.25, 0.3) is 0 Å². The summed E-state index contributed by atoms with van der Waals surface area (Å²) in [6, 6.07) is 0. The van der Waals surface area contributed by atoms with E-state index in [1.807, 2.05) is 12.2 Å². The Bertz CT molecular complexity index is 212. The number of hydrogen-bond donors (Lipinski definition) is 1. The van der Waals surface area contributed by atoms with E-state index < -0.39 is 0 Å². The lowest BCUT2D eigenvalue weighted by Crippen LogP contribution is -2.27. The zero-order valence-corrected chi connectivity index (χ0v) is 6.72. The van der Waals surface area contributed by atoms with Crippen LogP contribution in [0.25, 0.3) is 0 Å². The maximum atomic E-state index is 10.3. The van der Waals surface area contributed by atoms with E-state index in [2.05, 4.69) is 0 Å². The van der Waals surface area contributed by atoms with E-state index in [4.69, 9.17) is 9.84 Å². The van der Waals surface area contributed by atoms with Crippen molar-refractivity contribution in [1.82, 2.24) is 0 Å². The second-order valence-electron chi connectivity index (χ2n) is 3.36. The molecule has 0 aromatic rings.